The largest absolute Gasteiger partial charge is 0.496 e. The quantitative estimate of drug-likeness (QED) is 0.176. The highest BCUT2D eigenvalue weighted by molar-refractivity contribution is 7.07. The van der Waals surface area contributed by atoms with Crippen molar-refractivity contribution in [3.63, 3.8) is 0 Å². The van der Waals surface area contributed by atoms with Crippen LogP contribution in [0.1, 0.15) is 40.2 Å². The second-order valence-corrected chi connectivity index (χ2v) is 12.1. The van der Waals surface area contributed by atoms with Crippen molar-refractivity contribution in [1.82, 2.24) is 4.57 Å². The molecular formula is C35H26Cl2N2O7S. The van der Waals surface area contributed by atoms with Gasteiger partial charge in [-0.3, -0.25) is 9.36 Å². The van der Waals surface area contributed by atoms with Crippen LogP contribution in [0.3, 0.4) is 0 Å². The highest BCUT2D eigenvalue weighted by Gasteiger charge is 2.37. The summed E-state index contributed by atoms with van der Waals surface area (Å²) in [5.41, 5.74) is 1.95. The van der Waals surface area contributed by atoms with E-state index in [1.165, 1.54) is 18.8 Å². The Kier molecular flexibility index (Phi) is 9.17. The van der Waals surface area contributed by atoms with Gasteiger partial charge in [-0.25, -0.2) is 14.6 Å². The summed E-state index contributed by atoms with van der Waals surface area (Å²) in [6.07, 6.45) is 1.58. The first-order chi connectivity index (χ1) is 22.7. The SMILES string of the molecule is CCOC(=O)C1=C(c2ccccc2)N=c2s/c(=C\c3ccc(-c4cc(Cl)ccc4C(=O)OC)o3)c(=O)n2[C@@H]1c1cc(Cl)ccc1OC. The molecule has 0 spiro atoms. The van der Waals surface area contributed by atoms with Crippen LogP contribution in [-0.4, -0.2) is 37.3 Å². The molecule has 12 heteroatoms. The average molecular weight is 690 g/mol. The zero-order valence-electron chi connectivity index (χ0n) is 25.3. The zero-order valence-corrected chi connectivity index (χ0v) is 27.6. The first kappa shape index (κ1) is 32.1. The Labute approximate surface area is 282 Å². The minimum atomic E-state index is -0.988. The highest BCUT2D eigenvalue weighted by atomic mass is 35.5. The van der Waals surface area contributed by atoms with Crippen LogP contribution in [0.4, 0.5) is 0 Å². The molecule has 0 saturated carbocycles. The predicted molar refractivity (Wildman–Crippen MR) is 180 cm³/mol. The Morgan fingerprint density at radius 1 is 0.979 bits per heavy atom. The van der Waals surface area contributed by atoms with Gasteiger partial charge < -0.3 is 18.6 Å². The van der Waals surface area contributed by atoms with Crippen LogP contribution in [0.2, 0.25) is 10.0 Å². The number of ether oxygens (including phenoxy) is 3. The third-order valence-electron chi connectivity index (χ3n) is 7.41. The number of furan rings is 1. The Morgan fingerprint density at radius 2 is 1.72 bits per heavy atom. The maximum absolute atomic E-state index is 14.3. The van der Waals surface area contributed by atoms with Crippen molar-refractivity contribution in [3.8, 4) is 17.1 Å². The van der Waals surface area contributed by atoms with E-state index in [9.17, 15) is 14.4 Å². The monoisotopic (exact) mass is 688 g/mol. The molecule has 3 heterocycles. The predicted octanol–water partition coefficient (Wildman–Crippen LogP) is 6.30. The van der Waals surface area contributed by atoms with Crippen molar-refractivity contribution in [2.75, 3.05) is 20.8 Å². The van der Waals surface area contributed by atoms with E-state index >= 15 is 0 Å². The fraction of sp³-hybridized carbons (Fsp3) is 0.143. The molecule has 0 aliphatic carbocycles. The van der Waals surface area contributed by atoms with E-state index < -0.39 is 23.5 Å². The van der Waals surface area contributed by atoms with Gasteiger partial charge in [0.2, 0.25) is 0 Å². The van der Waals surface area contributed by atoms with Crippen LogP contribution >= 0.6 is 34.5 Å². The van der Waals surface area contributed by atoms with Gasteiger partial charge in [0, 0.05) is 32.8 Å². The molecule has 3 aromatic carbocycles. The lowest BCUT2D eigenvalue weighted by atomic mass is 9.92. The smallest absolute Gasteiger partial charge is 0.338 e. The number of aromatic nitrogens is 1. The number of nitrogens with zero attached hydrogens (tertiary/aromatic N) is 2. The van der Waals surface area contributed by atoms with Gasteiger partial charge in [0.05, 0.1) is 42.2 Å². The van der Waals surface area contributed by atoms with Crippen LogP contribution in [0.15, 0.2) is 98.6 Å². The minimum Gasteiger partial charge on any atom is -0.496 e. The van der Waals surface area contributed by atoms with Crippen molar-refractivity contribution < 1.29 is 28.2 Å². The number of carbonyl (C=O) groups is 2. The van der Waals surface area contributed by atoms with Crippen LogP contribution in [0.5, 0.6) is 5.75 Å². The molecule has 0 radical (unpaired) electrons. The number of halogens is 2. The highest BCUT2D eigenvalue weighted by Crippen LogP contribution is 2.40. The standard InChI is InChI=1S/C35H26Cl2N2O7S/c1-4-45-34(42)29-30(19-8-6-5-7-9-19)38-35-39(31(29)25-17-21(37)11-14-26(25)43-2)32(40)28(47-35)18-22-12-15-27(46-22)24-16-20(36)10-13-23(24)33(41)44-3/h5-18,31H,4H2,1-3H3/b28-18-/t31-/m1/s1. The summed E-state index contributed by atoms with van der Waals surface area (Å²) in [6.45, 7) is 1.82. The average Bonchev–Trinajstić information content (AvgIpc) is 3.67. The van der Waals surface area contributed by atoms with Crippen LogP contribution in [-0.2, 0) is 14.3 Å². The Balaban J connectivity index is 1.58. The first-order valence-electron chi connectivity index (χ1n) is 14.3. The molecule has 0 saturated heterocycles. The first-order valence-corrected chi connectivity index (χ1v) is 15.9. The van der Waals surface area contributed by atoms with Crippen molar-refractivity contribution in [2.24, 2.45) is 4.99 Å². The summed E-state index contributed by atoms with van der Waals surface area (Å²) >= 11 is 13.8. The normalized spacial score (nSPS) is 14.4. The molecule has 6 rings (SSSR count). The molecule has 238 valence electrons. The maximum Gasteiger partial charge on any atom is 0.338 e. The Hall–Kier alpha value is -4.90. The van der Waals surface area contributed by atoms with Crippen LogP contribution in [0, 0.1) is 0 Å². The van der Waals surface area contributed by atoms with Crippen molar-refractivity contribution in [2.45, 2.75) is 13.0 Å². The van der Waals surface area contributed by atoms with Gasteiger partial charge in [-0.15, -0.1) is 0 Å². The lowest BCUT2D eigenvalue weighted by molar-refractivity contribution is -0.138. The lowest BCUT2D eigenvalue weighted by Gasteiger charge is -2.27. The summed E-state index contributed by atoms with van der Waals surface area (Å²) in [7, 11) is 2.79. The second kappa shape index (κ2) is 13.4. The Bertz CT molecular complexity index is 2240. The summed E-state index contributed by atoms with van der Waals surface area (Å²) in [6, 6.07) is 21.3. The lowest BCUT2D eigenvalue weighted by Crippen LogP contribution is -2.40. The number of methoxy groups -OCH3 is 2. The van der Waals surface area contributed by atoms with Gasteiger partial charge in [0.1, 0.15) is 23.3 Å². The van der Waals surface area contributed by atoms with Crippen molar-refractivity contribution >= 4 is 58.3 Å². The summed E-state index contributed by atoms with van der Waals surface area (Å²) in [5, 5.41) is 0.793. The molecule has 1 atom stereocenters. The molecule has 0 bridgehead atoms. The van der Waals surface area contributed by atoms with Crippen LogP contribution < -0.4 is 19.6 Å². The summed E-state index contributed by atoms with van der Waals surface area (Å²) < 4.78 is 23.9. The van der Waals surface area contributed by atoms with Crippen molar-refractivity contribution in [1.29, 1.82) is 0 Å². The topological polar surface area (TPSA) is 109 Å². The molecule has 1 aliphatic rings. The molecule has 0 unspecified atom stereocenters. The molecule has 1 aliphatic heterocycles. The van der Waals surface area contributed by atoms with Gasteiger partial charge in [0.15, 0.2) is 4.80 Å². The Morgan fingerprint density at radius 3 is 2.45 bits per heavy atom. The van der Waals surface area contributed by atoms with E-state index in [0.717, 1.165) is 11.3 Å². The second-order valence-electron chi connectivity index (χ2n) is 10.2. The number of thiazole rings is 1. The van der Waals surface area contributed by atoms with Crippen molar-refractivity contribution in [3.05, 3.63) is 137 Å². The molecule has 5 aromatic rings. The van der Waals surface area contributed by atoms with E-state index in [1.54, 1.807) is 61.5 Å². The fourth-order valence-corrected chi connectivity index (χ4v) is 6.70. The number of carbonyl (C=O) groups excluding carboxylic acids is 2. The maximum atomic E-state index is 14.3. The molecular weight excluding hydrogens is 663 g/mol. The molecule has 9 nitrogen and oxygen atoms in total. The van der Waals surface area contributed by atoms with E-state index in [4.69, 9.17) is 46.8 Å². The van der Waals surface area contributed by atoms with Gasteiger partial charge in [-0.1, -0.05) is 64.9 Å². The van der Waals surface area contributed by atoms with Gasteiger partial charge >= 0.3 is 11.9 Å². The zero-order chi connectivity index (χ0) is 33.2. The third-order valence-corrected chi connectivity index (χ3v) is 8.87. The minimum absolute atomic E-state index is 0.110. The van der Waals surface area contributed by atoms with E-state index in [0.29, 0.717) is 54.5 Å². The number of esters is 2. The molecule has 0 N–H and O–H groups in total. The van der Waals surface area contributed by atoms with E-state index in [1.807, 2.05) is 30.3 Å². The fourth-order valence-electron chi connectivity index (χ4n) is 5.37. The summed E-state index contributed by atoms with van der Waals surface area (Å²) in [4.78, 5) is 45.6. The molecule has 47 heavy (non-hydrogen) atoms. The van der Waals surface area contributed by atoms with Gasteiger partial charge in [0.25, 0.3) is 5.56 Å². The number of benzene rings is 3. The number of rotatable bonds is 8. The molecule has 2 aromatic heterocycles. The van der Waals surface area contributed by atoms with E-state index in [2.05, 4.69) is 0 Å². The molecule has 0 fully saturated rings. The molecule has 0 amide bonds. The van der Waals surface area contributed by atoms with Crippen LogP contribution in [0.25, 0.3) is 23.1 Å². The number of fused-ring (bicyclic) bond motifs is 1. The number of hydrogen-bond donors (Lipinski definition) is 0. The number of hydrogen-bond acceptors (Lipinski definition) is 9. The third kappa shape index (κ3) is 6.15. The summed E-state index contributed by atoms with van der Waals surface area (Å²) in [5.74, 6) is -0.0695. The van der Waals surface area contributed by atoms with Gasteiger partial charge in [-0.2, -0.15) is 0 Å². The van der Waals surface area contributed by atoms with E-state index in [-0.39, 0.29) is 22.3 Å². The van der Waals surface area contributed by atoms with Gasteiger partial charge in [-0.05, 0) is 55.5 Å².